The molecule has 0 N–H and O–H groups in total. The summed E-state index contributed by atoms with van der Waals surface area (Å²) < 4.78 is 31.4. The third kappa shape index (κ3) is 7.83. The topological polar surface area (TPSA) is 46.2 Å². The molecule has 0 atom stereocenters. The minimum absolute atomic E-state index is 0.132. The Balaban J connectivity index is 1.02. The van der Waals surface area contributed by atoms with Crippen LogP contribution >= 0.6 is 0 Å². The fourth-order valence-electron chi connectivity index (χ4n) is 7.86. The van der Waals surface area contributed by atoms with Crippen LogP contribution < -0.4 is 14.2 Å². The smallest absolute Gasteiger partial charge is 0.132 e. The number of hydrogen-bond acceptors (Lipinski definition) is 5. The minimum atomic E-state index is -0.132. The molecule has 8 aromatic carbocycles. The van der Waals surface area contributed by atoms with Crippen molar-refractivity contribution in [1.82, 2.24) is 0 Å². The van der Waals surface area contributed by atoms with Crippen molar-refractivity contribution in [3.8, 4) is 23.0 Å². The summed E-state index contributed by atoms with van der Waals surface area (Å²) in [5.74, 6) is 3.11. The van der Waals surface area contributed by atoms with Gasteiger partial charge in [0.15, 0.2) is 0 Å². The molecule has 0 saturated heterocycles. The van der Waals surface area contributed by atoms with Gasteiger partial charge in [-0.15, -0.1) is 0 Å². The van der Waals surface area contributed by atoms with E-state index < -0.39 is 0 Å². The Labute approximate surface area is 339 Å². The van der Waals surface area contributed by atoms with Crippen LogP contribution in [0.5, 0.6) is 23.0 Å². The van der Waals surface area contributed by atoms with Crippen molar-refractivity contribution in [1.29, 1.82) is 0 Å². The largest absolute Gasteiger partial charge is 0.491 e. The Bertz CT molecular complexity index is 2600. The van der Waals surface area contributed by atoms with Crippen LogP contribution in [-0.4, -0.2) is 26.4 Å². The van der Waals surface area contributed by atoms with Crippen LogP contribution in [0.25, 0.3) is 44.5 Å². The first-order valence-corrected chi connectivity index (χ1v) is 19.8. The van der Waals surface area contributed by atoms with Gasteiger partial charge in [-0.1, -0.05) is 141 Å². The number of ether oxygens (including phenoxy) is 5. The van der Waals surface area contributed by atoms with Crippen LogP contribution in [0.3, 0.4) is 0 Å². The molecule has 286 valence electrons. The van der Waals surface area contributed by atoms with Gasteiger partial charge >= 0.3 is 0 Å². The molecule has 0 aromatic heterocycles. The number of rotatable bonds is 15. The van der Waals surface area contributed by atoms with Crippen LogP contribution in [0.4, 0.5) is 0 Å². The summed E-state index contributed by atoms with van der Waals surface area (Å²) >= 11 is 0. The zero-order valence-electron chi connectivity index (χ0n) is 32.4. The maximum absolute atomic E-state index is 6.82. The Kier molecular flexibility index (Phi) is 10.7. The maximum Gasteiger partial charge on any atom is 0.132 e. The Morgan fingerprint density at radius 1 is 0.466 bits per heavy atom. The van der Waals surface area contributed by atoms with Gasteiger partial charge in [0.2, 0.25) is 0 Å². The minimum Gasteiger partial charge on any atom is -0.491 e. The van der Waals surface area contributed by atoms with Gasteiger partial charge in [-0.3, -0.25) is 0 Å². The molecule has 0 spiro atoms. The van der Waals surface area contributed by atoms with Crippen molar-refractivity contribution in [3.63, 3.8) is 0 Å². The van der Waals surface area contributed by atoms with E-state index in [0.717, 1.165) is 77.9 Å². The fourth-order valence-corrected chi connectivity index (χ4v) is 7.86. The van der Waals surface area contributed by atoms with Gasteiger partial charge in [-0.25, -0.2) is 0 Å². The summed E-state index contributed by atoms with van der Waals surface area (Å²) in [5.41, 5.74) is 7.82. The molecule has 9 rings (SSSR count). The van der Waals surface area contributed by atoms with Crippen LogP contribution in [0.15, 0.2) is 165 Å². The second-order valence-electron chi connectivity index (χ2n) is 14.6. The fraction of sp³-hybridized carbons (Fsp3) is 0.132. The second-order valence-corrected chi connectivity index (χ2v) is 14.6. The summed E-state index contributed by atoms with van der Waals surface area (Å²) in [6.07, 6.45) is 3.68. The highest BCUT2D eigenvalue weighted by atomic mass is 16.5. The molecular formula is C53H44O5. The molecule has 0 unspecified atom stereocenters. The van der Waals surface area contributed by atoms with Gasteiger partial charge in [0.25, 0.3) is 0 Å². The van der Waals surface area contributed by atoms with Gasteiger partial charge in [-0.2, -0.15) is 0 Å². The highest BCUT2D eigenvalue weighted by Gasteiger charge is 2.32. The summed E-state index contributed by atoms with van der Waals surface area (Å²) in [6.45, 7) is 10.5. The first kappa shape index (κ1) is 36.9. The SMILES string of the molecule is C=Cc1ccc(COCCOc2ccc3ccc4c(c3c2)C(c2ccc3ccccc3c2)c2c(ccc3ccc(OCCOCc5ccc(C=C)cc5)cc23)O4)cc1. The molecule has 0 radical (unpaired) electrons. The molecule has 0 amide bonds. The van der Waals surface area contributed by atoms with Gasteiger partial charge in [-0.05, 0) is 96.5 Å². The second kappa shape index (κ2) is 16.8. The average molecular weight is 761 g/mol. The van der Waals surface area contributed by atoms with E-state index in [2.05, 4.69) is 128 Å². The van der Waals surface area contributed by atoms with Crippen molar-refractivity contribution in [2.75, 3.05) is 26.4 Å². The molecule has 1 aliphatic heterocycles. The van der Waals surface area contributed by atoms with E-state index in [1.165, 1.54) is 16.3 Å². The van der Waals surface area contributed by atoms with E-state index in [1.54, 1.807) is 0 Å². The highest BCUT2D eigenvalue weighted by molar-refractivity contribution is 5.96. The standard InChI is InChI=1S/C53H44O5/c1-3-36-9-13-38(14-10-36)34-54-27-29-56-45-23-19-41-21-25-49-52(47(41)32-45)51(44-18-17-40-7-5-6-8-43(40)31-44)53-48-33-46(24-20-42(48)22-26-50(53)58-49)57-30-28-55-35-39-15-11-37(4-2)12-16-39/h3-26,31-33,51H,1-2,27-30,34-35H2. The lowest BCUT2D eigenvalue weighted by atomic mass is 9.78. The zero-order valence-corrected chi connectivity index (χ0v) is 32.4. The molecule has 5 heteroatoms. The van der Waals surface area contributed by atoms with E-state index in [9.17, 15) is 0 Å². The summed E-state index contributed by atoms with van der Waals surface area (Å²) in [6, 6.07) is 52.9. The number of benzene rings is 8. The molecule has 1 aliphatic rings. The normalized spacial score (nSPS) is 12.2. The van der Waals surface area contributed by atoms with E-state index in [4.69, 9.17) is 23.7 Å². The van der Waals surface area contributed by atoms with E-state index in [-0.39, 0.29) is 5.92 Å². The molecule has 0 aliphatic carbocycles. The van der Waals surface area contributed by atoms with Gasteiger partial charge in [0, 0.05) is 17.0 Å². The van der Waals surface area contributed by atoms with E-state index in [1.807, 2.05) is 48.6 Å². The molecule has 8 aromatic rings. The molecule has 1 heterocycles. The molecule has 5 nitrogen and oxygen atoms in total. The van der Waals surface area contributed by atoms with Crippen molar-refractivity contribution in [2.24, 2.45) is 0 Å². The van der Waals surface area contributed by atoms with Crippen molar-refractivity contribution < 1.29 is 23.7 Å². The van der Waals surface area contributed by atoms with Crippen LogP contribution in [0, 0.1) is 0 Å². The van der Waals surface area contributed by atoms with Gasteiger partial charge in [0.05, 0.1) is 26.4 Å². The lowest BCUT2D eigenvalue weighted by Gasteiger charge is -2.31. The maximum atomic E-state index is 6.82. The lowest BCUT2D eigenvalue weighted by Crippen LogP contribution is -2.13. The quantitative estimate of drug-likeness (QED) is 0.0974. The molecular weight excluding hydrogens is 717 g/mol. The van der Waals surface area contributed by atoms with Crippen molar-refractivity contribution in [2.45, 2.75) is 19.1 Å². The molecule has 0 bridgehead atoms. The summed E-state index contributed by atoms with van der Waals surface area (Å²) in [4.78, 5) is 0. The van der Waals surface area contributed by atoms with Crippen LogP contribution in [-0.2, 0) is 22.7 Å². The monoisotopic (exact) mass is 760 g/mol. The van der Waals surface area contributed by atoms with Crippen molar-refractivity contribution in [3.05, 3.63) is 204 Å². The first-order valence-electron chi connectivity index (χ1n) is 19.8. The Morgan fingerprint density at radius 2 is 0.948 bits per heavy atom. The lowest BCUT2D eigenvalue weighted by molar-refractivity contribution is 0.0889. The van der Waals surface area contributed by atoms with Crippen LogP contribution in [0.2, 0.25) is 0 Å². The zero-order chi connectivity index (χ0) is 39.3. The van der Waals surface area contributed by atoms with Crippen LogP contribution in [0.1, 0.15) is 44.9 Å². The first-order chi connectivity index (χ1) is 28.6. The van der Waals surface area contributed by atoms with Gasteiger partial charge in [0.1, 0.15) is 36.2 Å². The molecule has 0 fully saturated rings. The van der Waals surface area contributed by atoms with E-state index >= 15 is 0 Å². The average Bonchev–Trinajstić information content (AvgIpc) is 3.28. The Morgan fingerprint density at radius 3 is 1.47 bits per heavy atom. The number of hydrogen-bond donors (Lipinski definition) is 0. The van der Waals surface area contributed by atoms with Crippen molar-refractivity contribution >= 4 is 44.5 Å². The molecule has 58 heavy (non-hydrogen) atoms. The number of fused-ring (bicyclic) bond motifs is 7. The third-order valence-corrected chi connectivity index (χ3v) is 10.9. The van der Waals surface area contributed by atoms with Gasteiger partial charge < -0.3 is 23.7 Å². The predicted octanol–water partition coefficient (Wildman–Crippen LogP) is 12.9. The summed E-state index contributed by atoms with van der Waals surface area (Å²) in [5, 5.41) is 6.79. The summed E-state index contributed by atoms with van der Waals surface area (Å²) in [7, 11) is 0. The highest BCUT2D eigenvalue weighted by Crippen LogP contribution is 2.53. The van der Waals surface area contributed by atoms with E-state index in [0.29, 0.717) is 39.6 Å². The Hall–Kier alpha value is -6.66. The predicted molar refractivity (Wildman–Crippen MR) is 236 cm³/mol. The molecule has 0 saturated carbocycles. The third-order valence-electron chi connectivity index (χ3n) is 10.9.